The molecule has 0 fully saturated rings. The number of H-pyrrole nitrogens is 1. The summed E-state index contributed by atoms with van der Waals surface area (Å²) in [6.07, 6.45) is 4.67. The topological polar surface area (TPSA) is 52.7 Å². The summed E-state index contributed by atoms with van der Waals surface area (Å²) >= 11 is 6.85. The van der Waals surface area contributed by atoms with Crippen LogP contribution in [-0.2, 0) is 6.42 Å². The van der Waals surface area contributed by atoms with Crippen LogP contribution in [0.5, 0.6) is 0 Å². The van der Waals surface area contributed by atoms with E-state index in [0.717, 1.165) is 30.2 Å². The predicted molar refractivity (Wildman–Crippen MR) is 100 cm³/mol. The van der Waals surface area contributed by atoms with Gasteiger partial charge in [0.25, 0.3) is 0 Å². The third kappa shape index (κ3) is 10.3. The van der Waals surface area contributed by atoms with Gasteiger partial charge in [-0.05, 0) is 18.0 Å². The molecule has 0 saturated heterocycles. The quantitative estimate of drug-likeness (QED) is 0.317. The first-order chi connectivity index (χ1) is 7.33. The minimum Gasteiger partial charge on any atom is -0.366 e. The highest BCUT2D eigenvalue weighted by Crippen LogP contribution is 2.03. The molecular weight excluding hydrogens is 482 g/mol. The molecule has 1 aromatic rings. The Hall–Kier alpha value is 0.710. The summed E-state index contributed by atoms with van der Waals surface area (Å²) in [6.45, 7) is 0.908. The number of halogens is 2. The molecule has 1 rings (SSSR count). The van der Waals surface area contributed by atoms with E-state index in [9.17, 15) is 0 Å². The number of nitrogens with zero attached hydrogens (tertiary/aromatic N) is 1. The van der Waals surface area contributed by atoms with Crippen LogP contribution in [0.4, 0.5) is 0 Å². The van der Waals surface area contributed by atoms with Gasteiger partial charge in [0.2, 0.25) is 0 Å². The van der Waals surface area contributed by atoms with Gasteiger partial charge in [0.1, 0.15) is 0 Å². The third-order valence-electron chi connectivity index (χ3n) is 1.82. The van der Waals surface area contributed by atoms with Crippen LogP contribution >= 0.6 is 71.9 Å². The zero-order valence-electron chi connectivity index (χ0n) is 9.56. The van der Waals surface area contributed by atoms with Gasteiger partial charge in [-0.2, -0.15) is 11.8 Å². The molecule has 0 amide bonds. The number of thioether (sulfide) groups is 1. The minimum absolute atomic E-state index is 0. The van der Waals surface area contributed by atoms with E-state index in [1.54, 1.807) is 6.33 Å². The summed E-state index contributed by atoms with van der Waals surface area (Å²) in [4.78, 5) is 7.11. The van der Waals surface area contributed by atoms with Crippen molar-refractivity contribution in [2.24, 2.45) is 0 Å². The molecule has 100 valence electrons. The standard InChI is InChI=1S/C9H16N4S2.2HI/c1-10-9(14)12-3-5-15-4-2-8-6-11-7-13-8;;/h6-7H,2-5H2,1H3,(H,11,13)(H2,10,12,14);2*1H. The Bertz CT molecular complexity index is 283. The lowest BCUT2D eigenvalue weighted by Crippen LogP contribution is -2.33. The monoisotopic (exact) mass is 500 g/mol. The second-order valence-corrected chi connectivity index (χ2v) is 4.56. The maximum Gasteiger partial charge on any atom is 0.166 e. The molecule has 0 aromatic carbocycles. The number of rotatable bonds is 6. The predicted octanol–water partition coefficient (Wildman–Crippen LogP) is 2.02. The van der Waals surface area contributed by atoms with Crippen LogP contribution in [0.1, 0.15) is 5.69 Å². The molecule has 0 spiro atoms. The van der Waals surface area contributed by atoms with Crippen molar-refractivity contribution in [2.45, 2.75) is 6.42 Å². The number of aromatic nitrogens is 2. The van der Waals surface area contributed by atoms with E-state index in [1.807, 2.05) is 25.0 Å². The number of hydrogen-bond acceptors (Lipinski definition) is 3. The zero-order chi connectivity index (χ0) is 10.9. The average molecular weight is 500 g/mol. The average Bonchev–Trinajstić information content (AvgIpc) is 2.75. The number of aromatic amines is 1. The van der Waals surface area contributed by atoms with E-state index in [4.69, 9.17) is 12.2 Å². The van der Waals surface area contributed by atoms with Crippen LogP contribution in [0, 0.1) is 0 Å². The Morgan fingerprint density at radius 2 is 2.24 bits per heavy atom. The molecule has 0 aliphatic heterocycles. The molecule has 4 nitrogen and oxygen atoms in total. The normalized spacial score (nSPS) is 8.76. The first kappa shape index (κ1) is 20.0. The van der Waals surface area contributed by atoms with E-state index < -0.39 is 0 Å². The van der Waals surface area contributed by atoms with Gasteiger partial charge in [0, 0.05) is 32.0 Å². The zero-order valence-corrected chi connectivity index (χ0v) is 15.9. The molecule has 0 bridgehead atoms. The van der Waals surface area contributed by atoms with E-state index in [-0.39, 0.29) is 48.0 Å². The van der Waals surface area contributed by atoms with Crippen LogP contribution < -0.4 is 10.6 Å². The molecule has 8 heteroatoms. The maximum atomic E-state index is 4.95. The smallest absolute Gasteiger partial charge is 0.166 e. The van der Waals surface area contributed by atoms with Crippen molar-refractivity contribution in [3.05, 3.63) is 18.2 Å². The summed E-state index contributed by atoms with van der Waals surface area (Å²) in [5.41, 5.74) is 1.13. The van der Waals surface area contributed by atoms with Crippen molar-refractivity contribution in [2.75, 3.05) is 25.1 Å². The first-order valence-electron chi connectivity index (χ1n) is 4.84. The van der Waals surface area contributed by atoms with E-state index in [0.29, 0.717) is 5.11 Å². The molecule has 3 N–H and O–H groups in total. The van der Waals surface area contributed by atoms with Crippen molar-refractivity contribution < 1.29 is 0 Å². The fraction of sp³-hybridized carbons (Fsp3) is 0.556. The maximum absolute atomic E-state index is 4.95. The molecule has 1 heterocycles. The van der Waals surface area contributed by atoms with Crippen molar-refractivity contribution in [3.8, 4) is 0 Å². The third-order valence-corrected chi connectivity index (χ3v) is 3.15. The molecule has 0 atom stereocenters. The summed E-state index contributed by atoms with van der Waals surface area (Å²) in [6, 6.07) is 0. The van der Waals surface area contributed by atoms with Crippen molar-refractivity contribution in [3.63, 3.8) is 0 Å². The second-order valence-electron chi connectivity index (χ2n) is 2.93. The number of thiocarbonyl (C=S) groups is 1. The van der Waals surface area contributed by atoms with E-state index in [1.165, 1.54) is 0 Å². The molecule has 0 aliphatic carbocycles. The lowest BCUT2D eigenvalue weighted by Gasteiger charge is -2.05. The van der Waals surface area contributed by atoms with Gasteiger partial charge in [-0.3, -0.25) is 0 Å². The lowest BCUT2D eigenvalue weighted by molar-refractivity contribution is 0.941. The van der Waals surface area contributed by atoms with Gasteiger partial charge in [-0.1, -0.05) is 0 Å². The van der Waals surface area contributed by atoms with Crippen LogP contribution in [0.15, 0.2) is 12.5 Å². The molecule has 0 unspecified atom stereocenters. The number of hydrogen-bond donors (Lipinski definition) is 3. The highest BCUT2D eigenvalue weighted by molar-refractivity contribution is 14.0. The number of aryl methyl sites for hydroxylation is 1. The van der Waals surface area contributed by atoms with E-state index >= 15 is 0 Å². The Kier molecular flexibility index (Phi) is 15.5. The van der Waals surface area contributed by atoms with Crippen molar-refractivity contribution in [1.82, 2.24) is 20.6 Å². The summed E-state index contributed by atoms with van der Waals surface area (Å²) < 4.78 is 0. The molecule has 17 heavy (non-hydrogen) atoms. The van der Waals surface area contributed by atoms with Crippen LogP contribution in [-0.4, -0.2) is 40.2 Å². The Labute approximate surface area is 146 Å². The SMILES string of the molecule is CNC(=S)NCCSCCc1c[nH]cn1.I.I. The molecule has 0 radical (unpaired) electrons. The molecule has 1 aromatic heterocycles. The van der Waals surface area contributed by atoms with Crippen LogP contribution in [0.2, 0.25) is 0 Å². The van der Waals surface area contributed by atoms with Crippen LogP contribution in [0.3, 0.4) is 0 Å². The first-order valence-corrected chi connectivity index (χ1v) is 6.40. The van der Waals surface area contributed by atoms with Crippen LogP contribution in [0.25, 0.3) is 0 Å². The van der Waals surface area contributed by atoms with Gasteiger partial charge in [-0.15, -0.1) is 48.0 Å². The lowest BCUT2D eigenvalue weighted by atomic mass is 10.4. The summed E-state index contributed by atoms with van der Waals surface area (Å²) in [5, 5.41) is 6.69. The van der Waals surface area contributed by atoms with Gasteiger partial charge >= 0.3 is 0 Å². The Morgan fingerprint density at radius 3 is 2.82 bits per heavy atom. The highest BCUT2D eigenvalue weighted by atomic mass is 127. The van der Waals surface area contributed by atoms with Crippen molar-refractivity contribution >= 4 is 77.0 Å². The molecular formula is C9H18I2N4S2. The number of nitrogens with one attached hydrogen (secondary N) is 3. The van der Waals surface area contributed by atoms with Gasteiger partial charge in [-0.25, -0.2) is 4.98 Å². The highest BCUT2D eigenvalue weighted by Gasteiger charge is 1.95. The number of imidazole rings is 1. The summed E-state index contributed by atoms with van der Waals surface area (Å²) in [7, 11) is 1.82. The second kappa shape index (κ2) is 13.1. The van der Waals surface area contributed by atoms with Gasteiger partial charge in [0.05, 0.1) is 12.0 Å². The summed E-state index contributed by atoms with van der Waals surface area (Å²) in [5.74, 6) is 2.16. The van der Waals surface area contributed by atoms with E-state index in [2.05, 4.69) is 20.6 Å². The van der Waals surface area contributed by atoms with Gasteiger partial charge < -0.3 is 15.6 Å². The van der Waals surface area contributed by atoms with Crippen molar-refractivity contribution in [1.29, 1.82) is 0 Å². The Morgan fingerprint density at radius 1 is 1.47 bits per heavy atom. The largest absolute Gasteiger partial charge is 0.366 e. The minimum atomic E-state index is 0. The molecule has 0 saturated carbocycles. The fourth-order valence-electron chi connectivity index (χ4n) is 1.03. The van der Waals surface area contributed by atoms with Gasteiger partial charge in [0.15, 0.2) is 5.11 Å². The fourth-order valence-corrected chi connectivity index (χ4v) is 1.94. The molecule has 0 aliphatic rings. The Balaban J connectivity index is 0.